The van der Waals surface area contributed by atoms with Gasteiger partial charge < -0.3 is 16.2 Å². The number of carbonyl (C=O) groups is 1. The van der Waals surface area contributed by atoms with Gasteiger partial charge in [0.15, 0.2) is 5.66 Å². The lowest BCUT2D eigenvalue weighted by molar-refractivity contribution is -0.150. The Balaban J connectivity index is 1.82. The zero-order valence-corrected chi connectivity index (χ0v) is 13.3. The summed E-state index contributed by atoms with van der Waals surface area (Å²) in [5.41, 5.74) is 15.0. The molecular weight excluding hydrogens is 288 g/mol. The molecule has 2 aromatic carbocycles. The molecule has 120 valence electrons. The minimum atomic E-state index is -1.41. The Morgan fingerprint density at radius 1 is 1.04 bits per heavy atom. The van der Waals surface area contributed by atoms with Crippen molar-refractivity contribution >= 4 is 5.97 Å². The maximum absolute atomic E-state index is 12.2. The molecule has 0 fully saturated rings. The average Bonchev–Trinajstić information content (AvgIpc) is 2.87. The molecule has 2 aromatic rings. The number of carbonyl (C=O) groups excluding carboxylic acids is 1. The molecule has 0 spiro atoms. The highest BCUT2D eigenvalue weighted by Gasteiger charge is 2.33. The van der Waals surface area contributed by atoms with E-state index in [-0.39, 0.29) is 12.5 Å². The van der Waals surface area contributed by atoms with Crippen molar-refractivity contribution in [2.75, 3.05) is 6.61 Å². The number of esters is 1. The van der Waals surface area contributed by atoms with Crippen molar-refractivity contribution in [2.24, 2.45) is 11.5 Å². The highest BCUT2D eigenvalue weighted by Crippen LogP contribution is 2.44. The Morgan fingerprint density at radius 2 is 1.57 bits per heavy atom. The lowest BCUT2D eigenvalue weighted by atomic mass is 9.98. The smallest absolute Gasteiger partial charge is 0.340 e. The fourth-order valence-electron chi connectivity index (χ4n) is 3.25. The average molecular weight is 310 g/mol. The third kappa shape index (κ3) is 2.87. The molecule has 1 aliphatic carbocycles. The van der Waals surface area contributed by atoms with E-state index in [0.29, 0.717) is 6.42 Å². The van der Waals surface area contributed by atoms with Gasteiger partial charge in [-0.15, -0.1) is 0 Å². The summed E-state index contributed by atoms with van der Waals surface area (Å²) in [6.45, 7) is 2.19. The summed E-state index contributed by atoms with van der Waals surface area (Å²) in [7, 11) is 0. The van der Waals surface area contributed by atoms with Crippen LogP contribution in [0.3, 0.4) is 0 Å². The molecule has 0 atom stereocenters. The van der Waals surface area contributed by atoms with Crippen molar-refractivity contribution in [3.05, 3.63) is 59.7 Å². The number of fused-ring (bicyclic) bond motifs is 3. The van der Waals surface area contributed by atoms with Gasteiger partial charge in [0.25, 0.3) is 0 Å². The molecule has 4 heteroatoms. The molecule has 0 unspecified atom stereocenters. The van der Waals surface area contributed by atoms with Crippen molar-refractivity contribution in [1.82, 2.24) is 0 Å². The van der Waals surface area contributed by atoms with Crippen LogP contribution in [0.15, 0.2) is 48.5 Å². The molecule has 0 heterocycles. The van der Waals surface area contributed by atoms with Crippen molar-refractivity contribution in [2.45, 2.75) is 31.3 Å². The number of benzene rings is 2. The lowest BCUT2D eigenvalue weighted by Gasteiger charge is -2.23. The Bertz CT molecular complexity index is 679. The molecule has 4 N–H and O–H groups in total. The first-order valence-corrected chi connectivity index (χ1v) is 7.98. The van der Waals surface area contributed by atoms with Gasteiger partial charge in [-0.2, -0.15) is 0 Å². The Hall–Kier alpha value is -2.17. The molecule has 0 aliphatic heterocycles. The predicted molar refractivity (Wildman–Crippen MR) is 90.7 cm³/mol. The van der Waals surface area contributed by atoms with E-state index >= 15 is 0 Å². The lowest BCUT2D eigenvalue weighted by Crippen LogP contribution is -2.57. The molecule has 0 aromatic heterocycles. The number of nitrogens with two attached hydrogens (primary N) is 2. The minimum Gasteiger partial charge on any atom is -0.462 e. The van der Waals surface area contributed by atoms with Gasteiger partial charge in [0, 0.05) is 5.92 Å². The van der Waals surface area contributed by atoms with E-state index in [1.54, 1.807) is 0 Å². The van der Waals surface area contributed by atoms with E-state index in [4.69, 9.17) is 16.2 Å². The molecule has 4 nitrogen and oxygen atoms in total. The predicted octanol–water partition coefficient (Wildman–Crippen LogP) is 2.76. The largest absolute Gasteiger partial charge is 0.462 e. The van der Waals surface area contributed by atoms with Crippen LogP contribution in [-0.4, -0.2) is 18.2 Å². The molecule has 0 saturated carbocycles. The summed E-state index contributed by atoms with van der Waals surface area (Å²) in [6.07, 6.45) is 1.14. The van der Waals surface area contributed by atoms with E-state index in [1.807, 2.05) is 31.2 Å². The standard InChI is InChI=1S/C19H22N2O2/c1-2-11-19(20,21)18(22)23-12-17-15-9-5-3-7-13(15)14-8-4-6-10-16(14)17/h3-10,17H,2,11-12,20-21H2,1H3. The summed E-state index contributed by atoms with van der Waals surface area (Å²) in [5.74, 6) is -0.509. The van der Waals surface area contributed by atoms with E-state index in [2.05, 4.69) is 24.3 Å². The summed E-state index contributed by atoms with van der Waals surface area (Å²) in [6, 6.07) is 16.4. The van der Waals surface area contributed by atoms with Crippen LogP contribution in [0.25, 0.3) is 11.1 Å². The van der Waals surface area contributed by atoms with E-state index in [1.165, 1.54) is 22.3 Å². The van der Waals surface area contributed by atoms with Gasteiger partial charge >= 0.3 is 5.97 Å². The fraction of sp³-hybridized carbons (Fsp3) is 0.316. The van der Waals surface area contributed by atoms with Crippen molar-refractivity contribution in [1.29, 1.82) is 0 Å². The van der Waals surface area contributed by atoms with Gasteiger partial charge in [0.05, 0.1) is 0 Å². The Kier molecular flexibility index (Phi) is 4.20. The van der Waals surface area contributed by atoms with Crippen LogP contribution in [0, 0.1) is 0 Å². The highest BCUT2D eigenvalue weighted by atomic mass is 16.5. The van der Waals surface area contributed by atoms with Gasteiger partial charge in [-0.25, -0.2) is 4.79 Å². The molecule has 0 saturated heterocycles. The molecule has 0 amide bonds. The minimum absolute atomic E-state index is 0.0313. The second kappa shape index (κ2) is 6.14. The van der Waals surface area contributed by atoms with Crippen LogP contribution in [0.5, 0.6) is 0 Å². The second-order valence-corrected chi connectivity index (χ2v) is 6.12. The molecular formula is C19H22N2O2. The van der Waals surface area contributed by atoms with Gasteiger partial charge in [-0.1, -0.05) is 61.9 Å². The van der Waals surface area contributed by atoms with Crippen molar-refractivity contribution in [3.8, 4) is 11.1 Å². The second-order valence-electron chi connectivity index (χ2n) is 6.12. The third-order valence-electron chi connectivity index (χ3n) is 4.39. The fourth-order valence-corrected chi connectivity index (χ4v) is 3.25. The molecule has 0 bridgehead atoms. The first-order chi connectivity index (χ1) is 11.0. The highest BCUT2D eigenvalue weighted by molar-refractivity contribution is 5.81. The van der Waals surface area contributed by atoms with Crippen LogP contribution in [0.1, 0.15) is 36.8 Å². The first-order valence-electron chi connectivity index (χ1n) is 7.98. The number of ether oxygens (including phenoxy) is 1. The summed E-state index contributed by atoms with van der Waals surface area (Å²) >= 11 is 0. The van der Waals surface area contributed by atoms with Gasteiger partial charge in [0.2, 0.25) is 0 Å². The zero-order chi connectivity index (χ0) is 16.4. The van der Waals surface area contributed by atoms with Crippen LogP contribution < -0.4 is 11.5 Å². The van der Waals surface area contributed by atoms with Gasteiger partial charge in [-0.3, -0.25) is 0 Å². The zero-order valence-electron chi connectivity index (χ0n) is 13.3. The summed E-state index contributed by atoms with van der Waals surface area (Å²) in [5, 5.41) is 0. The first kappa shape index (κ1) is 15.7. The monoisotopic (exact) mass is 310 g/mol. The topological polar surface area (TPSA) is 78.3 Å². The van der Waals surface area contributed by atoms with E-state index in [0.717, 1.165) is 6.42 Å². The molecule has 23 heavy (non-hydrogen) atoms. The van der Waals surface area contributed by atoms with Crippen LogP contribution in [0.4, 0.5) is 0 Å². The van der Waals surface area contributed by atoms with E-state index in [9.17, 15) is 4.79 Å². The van der Waals surface area contributed by atoms with Crippen LogP contribution >= 0.6 is 0 Å². The number of rotatable bonds is 5. The molecule has 1 aliphatic rings. The maximum atomic E-state index is 12.2. The number of hydrogen-bond donors (Lipinski definition) is 2. The van der Waals surface area contributed by atoms with Gasteiger partial charge in [0.1, 0.15) is 6.61 Å². The van der Waals surface area contributed by atoms with Crippen molar-refractivity contribution < 1.29 is 9.53 Å². The summed E-state index contributed by atoms with van der Waals surface area (Å²) < 4.78 is 5.47. The van der Waals surface area contributed by atoms with Crippen LogP contribution in [0.2, 0.25) is 0 Å². The molecule has 0 radical (unpaired) electrons. The molecule has 3 rings (SSSR count). The van der Waals surface area contributed by atoms with E-state index < -0.39 is 11.6 Å². The Morgan fingerprint density at radius 3 is 2.09 bits per heavy atom. The SMILES string of the molecule is CCCC(N)(N)C(=O)OCC1c2ccccc2-c2ccccc21. The summed E-state index contributed by atoms with van der Waals surface area (Å²) in [4.78, 5) is 12.2. The quantitative estimate of drug-likeness (QED) is 0.657. The van der Waals surface area contributed by atoms with Crippen molar-refractivity contribution in [3.63, 3.8) is 0 Å². The Labute approximate surface area is 136 Å². The van der Waals surface area contributed by atoms with Gasteiger partial charge in [-0.05, 0) is 28.7 Å². The maximum Gasteiger partial charge on any atom is 0.340 e. The third-order valence-corrected chi connectivity index (χ3v) is 4.39. The van der Waals surface area contributed by atoms with Crippen LogP contribution in [-0.2, 0) is 9.53 Å². The number of hydrogen-bond acceptors (Lipinski definition) is 4. The normalized spacial score (nSPS) is 13.5.